The van der Waals surface area contributed by atoms with Gasteiger partial charge in [-0.15, -0.1) is 0 Å². The molecule has 0 aromatic carbocycles. The van der Waals surface area contributed by atoms with Crippen LogP contribution in [0.15, 0.2) is 0 Å². The number of unbranched alkanes of at least 4 members (excludes halogenated alkanes) is 1. The van der Waals surface area contributed by atoms with Crippen molar-refractivity contribution in [2.75, 3.05) is 13.1 Å². The molecule has 0 atom stereocenters. The van der Waals surface area contributed by atoms with Gasteiger partial charge >= 0.3 is 0 Å². The molecule has 1 amide bonds. The van der Waals surface area contributed by atoms with E-state index < -0.39 is 0 Å². The first-order valence-corrected chi connectivity index (χ1v) is 5.73. The van der Waals surface area contributed by atoms with Gasteiger partial charge in [-0.3, -0.25) is 4.79 Å². The van der Waals surface area contributed by atoms with Crippen LogP contribution in [0.4, 0.5) is 0 Å². The van der Waals surface area contributed by atoms with Crippen molar-refractivity contribution < 1.29 is 4.79 Å². The molecule has 0 unspecified atom stereocenters. The molecule has 3 N–H and O–H groups in total. The van der Waals surface area contributed by atoms with Crippen LogP contribution in [0.25, 0.3) is 0 Å². The Balaban J connectivity index is 2.40. The van der Waals surface area contributed by atoms with Gasteiger partial charge in [0.2, 0.25) is 5.91 Å². The van der Waals surface area contributed by atoms with Crippen LogP contribution in [-0.2, 0) is 4.79 Å². The lowest BCUT2D eigenvalue weighted by Gasteiger charge is -2.25. The van der Waals surface area contributed by atoms with Crippen LogP contribution in [0, 0.1) is 5.41 Å². The van der Waals surface area contributed by atoms with Crippen LogP contribution in [0.5, 0.6) is 0 Å². The molecule has 3 heteroatoms. The van der Waals surface area contributed by atoms with Gasteiger partial charge in [0.1, 0.15) is 0 Å². The van der Waals surface area contributed by atoms with Crippen molar-refractivity contribution in [2.45, 2.75) is 45.4 Å². The maximum absolute atomic E-state index is 11.9. The molecule has 3 nitrogen and oxygen atoms in total. The SMILES string of the molecule is CCCCNC(=O)C1(CN)CCCC1. The predicted octanol–water partition coefficient (Wildman–Crippen LogP) is 1.42. The van der Waals surface area contributed by atoms with Crippen molar-refractivity contribution in [3.63, 3.8) is 0 Å². The highest BCUT2D eigenvalue weighted by molar-refractivity contribution is 5.83. The summed E-state index contributed by atoms with van der Waals surface area (Å²) in [4.78, 5) is 11.9. The zero-order valence-electron chi connectivity index (χ0n) is 9.14. The molecule has 0 aromatic rings. The van der Waals surface area contributed by atoms with E-state index in [0.717, 1.165) is 45.1 Å². The summed E-state index contributed by atoms with van der Waals surface area (Å²) in [6, 6.07) is 0. The molecular weight excluding hydrogens is 176 g/mol. The fourth-order valence-corrected chi connectivity index (χ4v) is 2.14. The van der Waals surface area contributed by atoms with Crippen molar-refractivity contribution in [3.05, 3.63) is 0 Å². The van der Waals surface area contributed by atoms with Gasteiger partial charge in [0.05, 0.1) is 5.41 Å². The molecule has 1 aliphatic rings. The molecule has 1 aliphatic carbocycles. The van der Waals surface area contributed by atoms with Crippen LogP contribution in [-0.4, -0.2) is 19.0 Å². The van der Waals surface area contributed by atoms with Crippen LogP contribution < -0.4 is 11.1 Å². The van der Waals surface area contributed by atoms with Crippen LogP contribution in [0.2, 0.25) is 0 Å². The third-order valence-electron chi connectivity index (χ3n) is 3.25. The lowest BCUT2D eigenvalue weighted by atomic mass is 9.85. The Labute approximate surface area is 86.4 Å². The predicted molar refractivity (Wildman–Crippen MR) is 57.9 cm³/mol. The maximum atomic E-state index is 11.9. The van der Waals surface area contributed by atoms with Gasteiger partial charge in [-0.1, -0.05) is 26.2 Å². The zero-order chi connectivity index (χ0) is 10.4. The summed E-state index contributed by atoms with van der Waals surface area (Å²) in [6.45, 7) is 3.43. The molecule has 1 rings (SSSR count). The van der Waals surface area contributed by atoms with Crippen molar-refractivity contribution in [2.24, 2.45) is 11.1 Å². The molecular formula is C11H22N2O. The number of nitrogens with one attached hydrogen (secondary N) is 1. The molecule has 0 radical (unpaired) electrons. The van der Waals surface area contributed by atoms with E-state index in [0.29, 0.717) is 6.54 Å². The second-order valence-electron chi connectivity index (χ2n) is 4.30. The summed E-state index contributed by atoms with van der Waals surface area (Å²) in [7, 11) is 0. The van der Waals surface area contributed by atoms with E-state index in [1.807, 2.05) is 0 Å². The summed E-state index contributed by atoms with van der Waals surface area (Å²) in [5.41, 5.74) is 5.48. The summed E-state index contributed by atoms with van der Waals surface area (Å²) in [5, 5.41) is 3.00. The van der Waals surface area contributed by atoms with Gasteiger partial charge in [-0.25, -0.2) is 0 Å². The molecule has 0 saturated heterocycles. The van der Waals surface area contributed by atoms with E-state index in [9.17, 15) is 4.79 Å². The molecule has 0 bridgehead atoms. The maximum Gasteiger partial charge on any atom is 0.227 e. The number of carbonyl (C=O) groups is 1. The lowest BCUT2D eigenvalue weighted by molar-refractivity contribution is -0.130. The summed E-state index contributed by atoms with van der Waals surface area (Å²) in [6.07, 6.45) is 6.43. The fourth-order valence-electron chi connectivity index (χ4n) is 2.14. The molecule has 0 aromatic heterocycles. The van der Waals surface area contributed by atoms with Crippen LogP contribution in [0.3, 0.4) is 0 Å². The van der Waals surface area contributed by atoms with Gasteiger partial charge in [0.25, 0.3) is 0 Å². The quantitative estimate of drug-likeness (QED) is 0.656. The Hall–Kier alpha value is -0.570. The van der Waals surface area contributed by atoms with Crippen molar-refractivity contribution >= 4 is 5.91 Å². The van der Waals surface area contributed by atoms with E-state index >= 15 is 0 Å². The normalized spacial score (nSPS) is 19.6. The average Bonchev–Trinajstić information content (AvgIpc) is 2.67. The van der Waals surface area contributed by atoms with Crippen LogP contribution in [0.1, 0.15) is 45.4 Å². The minimum absolute atomic E-state index is 0.186. The third kappa shape index (κ3) is 2.47. The highest BCUT2D eigenvalue weighted by atomic mass is 16.2. The number of carbonyl (C=O) groups excluding carboxylic acids is 1. The molecule has 0 spiro atoms. The van der Waals surface area contributed by atoms with E-state index in [1.165, 1.54) is 0 Å². The van der Waals surface area contributed by atoms with Gasteiger partial charge in [0.15, 0.2) is 0 Å². The second-order valence-corrected chi connectivity index (χ2v) is 4.30. The molecule has 0 aliphatic heterocycles. The lowest BCUT2D eigenvalue weighted by Crippen LogP contribution is -2.44. The van der Waals surface area contributed by atoms with Gasteiger partial charge in [-0.05, 0) is 19.3 Å². The average molecular weight is 198 g/mol. The van der Waals surface area contributed by atoms with Gasteiger partial charge in [-0.2, -0.15) is 0 Å². The first-order valence-electron chi connectivity index (χ1n) is 5.73. The Morgan fingerprint density at radius 2 is 2.07 bits per heavy atom. The highest BCUT2D eigenvalue weighted by Crippen LogP contribution is 2.37. The standard InChI is InChI=1S/C11H22N2O/c1-2-3-8-13-10(14)11(9-12)6-4-5-7-11/h2-9,12H2,1H3,(H,13,14). The van der Waals surface area contributed by atoms with E-state index in [1.54, 1.807) is 0 Å². The largest absolute Gasteiger partial charge is 0.356 e. The third-order valence-corrected chi connectivity index (χ3v) is 3.25. The summed E-state index contributed by atoms with van der Waals surface area (Å²) >= 11 is 0. The number of hydrogen-bond acceptors (Lipinski definition) is 2. The van der Waals surface area contributed by atoms with Gasteiger partial charge < -0.3 is 11.1 Å². The fraction of sp³-hybridized carbons (Fsp3) is 0.909. The zero-order valence-corrected chi connectivity index (χ0v) is 9.14. The molecule has 14 heavy (non-hydrogen) atoms. The monoisotopic (exact) mass is 198 g/mol. The number of rotatable bonds is 5. The second kappa shape index (κ2) is 5.35. The van der Waals surface area contributed by atoms with Crippen LogP contribution >= 0.6 is 0 Å². The minimum atomic E-state index is -0.228. The van der Waals surface area contributed by atoms with Crippen molar-refractivity contribution in [1.29, 1.82) is 0 Å². The van der Waals surface area contributed by atoms with E-state index in [4.69, 9.17) is 5.73 Å². The first-order chi connectivity index (χ1) is 6.75. The minimum Gasteiger partial charge on any atom is -0.356 e. The summed E-state index contributed by atoms with van der Waals surface area (Å²) in [5.74, 6) is 0.186. The Morgan fingerprint density at radius 3 is 2.57 bits per heavy atom. The topological polar surface area (TPSA) is 55.1 Å². The number of nitrogens with two attached hydrogens (primary N) is 1. The van der Waals surface area contributed by atoms with Crippen molar-refractivity contribution in [1.82, 2.24) is 5.32 Å². The Morgan fingerprint density at radius 1 is 1.43 bits per heavy atom. The number of amides is 1. The smallest absolute Gasteiger partial charge is 0.227 e. The Kier molecular flexibility index (Phi) is 4.39. The molecule has 0 heterocycles. The highest BCUT2D eigenvalue weighted by Gasteiger charge is 2.39. The van der Waals surface area contributed by atoms with E-state index in [-0.39, 0.29) is 11.3 Å². The van der Waals surface area contributed by atoms with E-state index in [2.05, 4.69) is 12.2 Å². The van der Waals surface area contributed by atoms with Gasteiger partial charge in [0, 0.05) is 13.1 Å². The summed E-state index contributed by atoms with van der Waals surface area (Å²) < 4.78 is 0. The molecule has 1 fully saturated rings. The number of hydrogen-bond donors (Lipinski definition) is 2. The van der Waals surface area contributed by atoms with Crippen molar-refractivity contribution in [3.8, 4) is 0 Å². The first kappa shape index (κ1) is 11.5. The molecule has 82 valence electrons. The Bertz CT molecular complexity index is 186. The molecule has 1 saturated carbocycles.